The van der Waals surface area contributed by atoms with Crippen LogP contribution in [0, 0.1) is 5.82 Å². The average Bonchev–Trinajstić information content (AvgIpc) is 2.95. The number of hydrogen-bond acceptors (Lipinski definition) is 6. The maximum Gasteiger partial charge on any atom is 0.337 e. The summed E-state index contributed by atoms with van der Waals surface area (Å²) in [4.78, 5) is 51.6. The van der Waals surface area contributed by atoms with E-state index in [4.69, 9.17) is 4.74 Å². The first-order valence-electron chi connectivity index (χ1n) is 11.8. The summed E-state index contributed by atoms with van der Waals surface area (Å²) in [6.45, 7) is 0.117. The van der Waals surface area contributed by atoms with Crippen molar-refractivity contribution in [3.05, 3.63) is 113 Å². The second-order valence-electron chi connectivity index (χ2n) is 8.61. The molecule has 4 aromatic rings. The van der Waals surface area contributed by atoms with Crippen LogP contribution in [0.5, 0.6) is 5.75 Å². The molecule has 0 unspecified atom stereocenters. The van der Waals surface area contributed by atoms with Crippen molar-refractivity contribution in [3.63, 3.8) is 0 Å². The van der Waals surface area contributed by atoms with Crippen LogP contribution in [0.3, 0.4) is 0 Å². The largest absolute Gasteiger partial charge is 0.488 e. The Morgan fingerprint density at radius 3 is 2.36 bits per heavy atom. The third-order valence-corrected chi connectivity index (χ3v) is 6.18. The van der Waals surface area contributed by atoms with E-state index in [0.29, 0.717) is 16.7 Å². The molecule has 9 heteroatoms. The van der Waals surface area contributed by atoms with Gasteiger partial charge in [0, 0.05) is 5.56 Å². The number of carbonyl (C=O) groups excluding carboxylic acids is 4. The lowest BCUT2D eigenvalue weighted by molar-refractivity contribution is -0.122. The van der Waals surface area contributed by atoms with Crippen molar-refractivity contribution in [1.82, 2.24) is 5.32 Å². The highest BCUT2D eigenvalue weighted by Crippen LogP contribution is 2.32. The Bertz CT molecular complexity index is 1640. The zero-order valence-electron chi connectivity index (χ0n) is 20.6. The molecule has 0 aliphatic carbocycles. The van der Waals surface area contributed by atoms with Crippen LogP contribution >= 0.6 is 0 Å². The van der Waals surface area contributed by atoms with Crippen LogP contribution in [0.4, 0.5) is 14.9 Å². The second-order valence-corrected chi connectivity index (χ2v) is 8.61. The fourth-order valence-electron chi connectivity index (χ4n) is 4.19. The molecule has 1 heterocycles. The molecular weight excluding hydrogens is 503 g/mol. The van der Waals surface area contributed by atoms with Crippen molar-refractivity contribution in [2.45, 2.75) is 6.61 Å². The van der Waals surface area contributed by atoms with E-state index in [1.165, 1.54) is 49.6 Å². The summed E-state index contributed by atoms with van der Waals surface area (Å²) in [6, 6.07) is 21.5. The molecule has 0 spiro atoms. The molecule has 5 rings (SSSR count). The van der Waals surface area contributed by atoms with Crippen molar-refractivity contribution >= 4 is 46.4 Å². The van der Waals surface area contributed by atoms with Crippen LogP contribution in [0.1, 0.15) is 21.5 Å². The van der Waals surface area contributed by atoms with E-state index in [-0.39, 0.29) is 29.2 Å². The molecule has 1 saturated heterocycles. The Morgan fingerprint density at radius 2 is 1.64 bits per heavy atom. The molecule has 1 N–H and O–H groups in total. The molecule has 0 atom stereocenters. The molecule has 0 aromatic heterocycles. The fraction of sp³-hybridized carbons (Fsp3) is 0.0667. The highest BCUT2D eigenvalue weighted by molar-refractivity contribution is 6.39. The molecule has 4 aromatic carbocycles. The van der Waals surface area contributed by atoms with Crippen molar-refractivity contribution in [2.24, 2.45) is 0 Å². The zero-order valence-corrected chi connectivity index (χ0v) is 20.6. The number of methoxy groups -OCH3 is 1. The first kappa shape index (κ1) is 25.3. The second kappa shape index (κ2) is 10.6. The minimum Gasteiger partial charge on any atom is -0.488 e. The molecule has 4 amide bonds. The number of halogens is 1. The average molecular weight is 525 g/mol. The van der Waals surface area contributed by atoms with E-state index in [1.807, 2.05) is 30.3 Å². The van der Waals surface area contributed by atoms with Gasteiger partial charge in [0.25, 0.3) is 11.8 Å². The quantitative estimate of drug-likeness (QED) is 0.216. The molecule has 1 aliphatic rings. The summed E-state index contributed by atoms with van der Waals surface area (Å²) in [6.07, 6.45) is 1.39. The number of barbiturate groups is 1. The Labute approximate surface area is 222 Å². The molecule has 1 fully saturated rings. The van der Waals surface area contributed by atoms with Gasteiger partial charge in [-0.3, -0.25) is 14.9 Å². The molecule has 0 bridgehead atoms. The van der Waals surface area contributed by atoms with Gasteiger partial charge in [-0.1, -0.05) is 42.5 Å². The lowest BCUT2D eigenvalue weighted by Crippen LogP contribution is -2.54. The summed E-state index contributed by atoms with van der Waals surface area (Å²) in [7, 11) is 1.24. The lowest BCUT2D eigenvalue weighted by Gasteiger charge is -2.26. The standard InChI is InChI=1S/C30H21FN2O6/c1-38-29(36)20-8-13-22(14-9-20)33-28(35)25(27(34)32-30(33)37)16-24-23-5-3-2-4-19(23)10-15-26(24)39-17-18-6-11-21(31)12-7-18/h2-16H,17H2,1H3,(H,32,34,37)/b25-16+. The van der Waals surface area contributed by atoms with Crippen LogP contribution in [0.25, 0.3) is 16.8 Å². The van der Waals surface area contributed by atoms with Gasteiger partial charge in [0.05, 0.1) is 18.4 Å². The number of nitrogens with one attached hydrogen (secondary N) is 1. The van der Waals surface area contributed by atoms with E-state index in [0.717, 1.165) is 15.8 Å². The summed E-state index contributed by atoms with van der Waals surface area (Å²) < 4.78 is 24.0. The predicted octanol–water partition coefficient (Wildman–Crippen LogP) is 5.01. The number of amides is 4. The summed E-state index contributed by atoms with van der Waals surface area (Å²) in [5.74, 6) is -2.25. The summed E-state index contributed by atoms with van der Waals surface area (Å²) in [5, 5.41) is 3.76. The number of urea groups is 1. The monoisotopic (exact) mass is 524 g/mol. The number of imide groups is 2. The van der Waals surface area contributed by atoms with Gasteiger partial charge in [-0.05, 0) is 64.9 Å². The first-order chi connectivity index (χ1) is 18.9. The number of nitrogens with zero attached hydrogens (tertiary/aromatic N) is 1. The number of ether oxygens (including phenoxy) is 2. The van der Waals surface area contributed by atoms with Crippen LogP contribution in [0.15, 0.2) is 90.5 Å². The topological polar surface area (TPSA) is 102 Å². The number of benzene rings is 4. The van der Waals surface area contributed by atoms with Crippen molar-refractivity contribution in [3.8, 4) is 5.75 Å². The number of esters is 1. The summed E-state index contributed by atoms with van der Waals surface area (Å²) in [5.41, 5.74) is 1.30. The molecule has 194 valence electrons. The van der Waals surface area contributed by atoms with Gasteiger partial charge in [-0.2, -0.15) is 0 Å². The summed E-state index contributed by atoms with van der Waals surface area (Å²) >= 11 is 0. The van der Waals surface area contributed by atoms with Gasteiger partial charge in [0.15, 0.2) is 0 Å². The van der Waals surface area contributed by atoms with Gasteiger partial charge >= 0.3 is 12.0 Å². The van der Waals surface area contributed by atoms with E-state index in [9.17, 15) is 23.6 Å². The lowest BCUT2D eigenvalue weighted by atomic mass is 9.99. The van der Waals surface area contributed by atoms with E-state index in [2.05, 4.69) is 10.1 Å². The Morgan fingerprint density at radius 1 is 0.923 bits per heavy atom. The minimum absolute atomic E-state index is 0.117. The molecule has 0 radical (unpaired) electrons. The van der Waals surface area contributed by atoms with Crippen molar-refractivity contribution < 1.29 is 33.0 Å². The van der Waals surface area contributed by atoms with Crippen molar-refractivity contribution in [1.29, 1.82) is 0 Å². The highest BCUT2D eigenvalue weighted by atomic mass is 19.1. The smallest absolute Gasteiger partial charge is 0.337 e. The number of hydrogen-bond donors (Lipinski definition) is 1. The molecule has 0 saturated carbocycles. The van der Waals surface area contributed by atoms with Gasteiger partial charge in [0.1, 0.15) is 23.7 Å². The normalized spacial score (nSPS) is 14.5. The molecule has 39 heavy (non-hydrogen) atoms. The Kier molecular flexibility index (Phi) is 6.88. The maximum absolute atomic E-state index is 13.5. The zero-order chi connectivity index (χ0) is 27.5. The van der Waals surface area contributed by atoms with Crippen LogP contribution in [-0.4, -0.2) is 30.9 Å². The molecular formula is C30H21FN2O6. The first-order valence-corrected chi connectivity index (χ1v) is 11.8. The SMILES string of the molecule is COC(=O)c1ccc(N2C(=O)NC(=O)/C(=C\c3c(OCc4ccc(F)cc4)ccc4ccccc34)C2=O)cc1. The van der Waals surface area contributed by atoms with Gasteiger partial charge in [-0.15, -0.1) is 0 Å². The molecule has 1 aliphatic heterocycles. The van der Waals surface area contributed by atoms with Crippen molar-refractivity contribution in [2.75, 3.05) is 12.0 Å². The third kappa shape index (κ3) is 5.10. The maximum atomic E-state index is 13.5. The third-order valence-electron chi connectivity index (χ3n) is 6.18. The van der Waals surface area contributed by atoms with Crippen LogP contribution in [-0.2, 0) is 20.9 Å². The number of fused-ring (bicyclic) bond motifs is 1. The van der Waals surface area contributed by atoms with Gasteiger partial charge in [0.2, 0.25) is 0 Å². The fourth-order valence-corrected chi connectivity index (χ4v) is 4.19. The minimum atomic E-state index is -0.918. The number of carbonyl (C=O) groups is 4. The predicted molar refractivity (Wildman–Crippen MR) is 141 cm³/mol. The van der Waals surface area contributed by atoms with Crippen LogP contribution < -0.4 is 15.0 Å². The Hall–Kier alpha value is -5.31. The van der Waals surface area contributed by atoms with E-state index >= 15 is 0 Å². The number of anilines is 1. The van der Waals surface area contributed by atoms with E-state index < -0.39 is 23.8 Å². The Balaban J connectivity index is 1.54. The van der Waals surface area contributed by atoms with Gasteiger partial charge in [-0.25, -0.2) is 18.9 Å². The highest BCUT2D eigenvalue weighted by Gasteiger charge is 2.37. The van der Waals surface area contributed by atoms with Gasteiger partial charge < -0.3 is 9.47 Å². The number of rotatable bonds is 6. The molecule has 8 nitrogen and oxygen atoms in total. The van der Waals surface area contributed by atoms with E-state index in [1.54, 1.807) is 18.2 Å². The van der Waals surface area contributed by atoms with Crippen LogP contribution in [0.2, 0.25) is 0 Å².